The van der Waals surface area contributed by atoms with Gasteiger partial charge in [-0.15, -0.1) is 0 Å². The van der Waals surface area contributed by atoms with Crippen molar-refractivity contribution in [1.29, 1.82) is 0 Å². The first-order valence-corrected chi connectivity index (χ1v) is 12.4. The minimum absolute atomic E-state index is 0.129. The highest BCUT2D eigenvalue weighted by Gasteiger charge is 2.28. The Bertz CT molecular complexity index is 1270. The normalized spacial score (nSPS) is 16.6. The second-order valence-corrected chi connectivity index (χ2v) is 9.75. The first-order valence-electron chi connectivity index (χ1n) is 11.6. The number of hydrogen-bond donors (Lipinski definition) is 3. The number of carbonyl (C=O) groups is 2. The van der Waals surface area contributed by atoms with Gasteiger partial charge >= 0.3 is 0 Å². The number of nitrogens with one attached hydrogen (secondary N) is 3. The third-order valence-electron chi connectivity index (χ3n) is 6.41. The number of hydrogen-bond acceptors (Lipinski definition) is 3. The molecule has 0 bridgehead atoms. The number of nitrogens with zero attached hydrogens (tertiary/aromatic N) is 1. The summed E-state index contributed by atoms with van der Waals surface area (Å²) in [6.07, 6.45) is 4.26. The van der Waals surface area contributed by atoms with Crippen LogP contribution in [-0.4, -0.2) is 47.9 Å². The lowest BCUT2D eigenvalue weighted by Gasteiger charge is -2.14. The zero-order valence-corrected chi connectivity index (χ0v) is 20.7. The van der Waals surface area contributed by atoms with E-state index in [1.165, 1.54) is 12.8 Å². The van der Waals surface area contributed by atoms with Crippen molar-refractivity contribution in [3.05, 3.63) is 75.5 Å². The summed E-state index contributed by atoms with van der Waals surface area (Å²) in [7, 11) is 0. The van der Waals surface area contributed by atoms with Gasteiger partial charge in [0.2, 0.25) is 0 Å². The van der Waals surface area contributed by atoms with Crippen molar-refractivity contribution < 1.29 is 9.59 Å². The summed E-state index contributed by atoms with van der Waals surface area (Å²) in [6.45, 7) is 5.59. The van der Waals surface area contributed by atoms with Crippen molar-refractivity contribution in [2.45, 2.75) is 19.8 Å². The van der Waals surface area contributed by atoms with Gasteiger partial charge in [-0.2, -0.15) is 0 Å². The van der Waals surface area contributed by atoms with Gasteiger partial charge < -0.3 is 20.5 Å². The molecule has 0 aliphatic carbocycles. The smallest absolute Gasteiger partial charge is 0.256 e. The third-order valence-corrected chi connectivity index (χ3v) is 6.94. The number of rotatable bonds is 6. The van der Waals surface area contributed by atoms with Crippen LogP contribution < -0.4 is 10.6 Å². The van der Waals surface area contributed by atoms with Crippen LogP contribution in [0, 0.1) is 6.92 Å². The maximum atomic E-state index is 13.0. The summed E-state index contributed by atoms with van der Waals surface area (Å²) < 4.78 is 0.996. The molecular weight excluding hydrogens is 492 g/mol. The number of likely N-dealkylation sites (tertiary alicyclic amines) is 1. The Balaban J connectivity index is 1.45. The lowest BCUT2D eigenvalue weighted by atomic mass is 9.94. The predicted molar refractivity (Wildman–Crippen MR) is 140 cm³/mol. The molecule has 7 heteroatoms. The third kappa shape index (κ3) is 4.58. The molecule has 1 fully saturated rings. The van der Waals surface area contributed by atoms with E-state index in [2.05, 4.69) is 36.4 Å². The van der Waals surface area contributed by atoms with Gasteiger partial charge in [0.05, 0.1) is 16.8 Å². The van der Waals surface area contributed by atoms with Crippen molar-refractivity contribution in [3.63, 3.8) is 0 Å². The lowest BCUT2D eigenvalue weighted by molar-refractivity contribution is -0.110. The van der Waals surface area contributed by atoms with Crippen LogP contribution in [0.4, 0.5) is 5.69 Å². The molecule has 1 aromatic heterocycles. The van der Waals surface area contributed by atoms with E-state index in [0.717, 1.165) is 52.2 Å². The fraction of sp³-hybridized carbons (Fsp3) is 0.259. The highest BCUT2D eigenvalue weighted by Crippen LogP contribution is 2.40. The van der Waals surface area contributed by atoms with Crippen LogP contribution in [0.5, 0.6) is 0 Å². The molecule has 3 aromatic rings. The van der Waals surface area contributed by atoms with Gasteiger partial charge in [0, 0.05) is 34.5 Å². The molecular formula is C27H27BrN4O2. The Labute approximate surface area is 207 Å². The van der Waals surface area contributed by atoms with Crippen molar-refractivity contribution in [1.82, 2.24) is 15.2 Å². The number of aromatic nitrogens is 1. The molecule has 3 N–H and O–H groups in total. The van der Waals surface area contributed by atoms with E-state index in [1.54, 1.807) is 6.08 Å². The van der Waals surface area contributed by atoms with E-state index in [9.17, 15) is 9.59 Å². The van der Waals surface area contributed by atoms with E-state index in [1.807, 2.05) is 55.5 Å². The monoisotopic (exact) mass is 518 g/mol. The largest absolute Gasteiger partial charge is 0.358 e. The zero-order valence-electron chi connectivity index (χ0n) is 19.1. The number of H-pyrrole nitrogens is 1. The molecule has 0 radical (unpaired) electrons. The van der Waals surface area contributed by atoms with E-state index in [0.29, 0.717) is 23.4 Å². The van der Waals surface area contributed by atoms with E-state index in [-0.39, 0.29) is 11.8 Å². The summed E-state index contributed by atoms with van der Waals surface area (Å²) in [5.41, 5.74) is 6.21. The second kappa shape index (κ2) is 9.60. The fourth-order valence-electron chi connectivity index (χ4n) is 4.74. The number of aryl methyl sites for hydroxylation is 1. The number of carbonyl (C=O) groups excluding carboxylic acids is 2. The first kappa shape index (κ1) is 22.6. The zero-order chi connectivity index (χ0) is 23.7. The molecule has 2 aliphatic heterocycles. The minimum Gasteiger partial charge on any atom is -0.358 e. The summed E-state index contributed by atoms with van der Waals surface area (Å²) in [6, 6.07) is 15.7. The van der Waals surface area contributed by atoms with Crippen molar-refractivity contribution >= 4 is 45.1 Å². The lowest BCUT2D eigenvalue weighted by Crippen LogP contribution is -2.33. The van der Waals surface area contributed by atoms with Crippen LogP contribution in [0.2, 0.25) is 0 Å². The average molecular weight is 519 g/mol. The van der Waals surface area contributed by atoms with Gasteiger partial charge in [-0.05, 0) is 74.3 Å². The topological polar surface area (TPSA) is 77.2 Å². The SMILES string of the molecule is Cc1cc(C(=O)NCCN2CCCC2)c(C=C2C(=O)Nc3cccc(-c4ccc(Br)cc4)c32)[nH]1. The van der Waals surface area contributed by atoms with Crippen LogP contribution >= 0.6 is 15.9 Å². The van der Waals surface area contributed by atoms with Gasteiger partial charge in [0.25, 0.3) is 11.8 Å². The van der Waals surface area contributed by atoms with Gasteiger partial charge in [0.15, 0.2) is 0 Å². The Morgan fingerprint density at radius 3 is 2.68 bits per heavy atom. The van der Waals surface area contributed by atoms with Gasteiger partial charge in [-0.25, -0.2) is 0 Å². The van der Waals surface area contributed by atoms with Crippen LogP contribution in [0.3, 0.4) is 0 Å². The summed E-state index contributed by atoms with van der Waals surface area (Å²) in [4.78, 5) is 31.6. The summed E-state index contributed by atoms with van der Waals surface area (Å²) in [5, 5.41) is 6.02. The Morgan fingerprint density at radius 2 is 1.91 bits per heavy atom. The maximum Gasteiger partial charge on any atom is 0.256 e. The molecule has 2 aliphatic rings. The number of aromatic amines is 1. The molecule has 0 atom stereocenters. The molecule has 0 saturated carbocycles. The molecule has 0 spiro atoms. The van der Waals surface area contributed by atoms with Crippen LogP contribution in [0.25, 0.3) is 22.8 Å². The molecule has 174 valence electrons. The van der Waals surface area contributed by atoms with Crippen molar-refractivity contribution in [3.8, 4) is 11.1 Å². The number of amides is 2. The fourth-order valence-corrected chi connectivity index (χ4v) is 5.01. The number of anilines is 1. The molecule has 3 heterocycles. The summed E-state index contributed by atoms with van der Waals surface area (Å²) >= 11 is 3.48. The second-order valence-electron chi connectivity index (χ2n) is 8.83. The van der Waals surface area contributed by atoms with Crippen LogP contribution in [0.15, 0.2) is 53.0 Å². The highest BCUT2D eigenvalue weighted by molar-refractivity contribution is 9.10. The van der Waals surface area contributed by atoms with Crippen molar-refractivity contribution in [2.24, 2.45) is 0 Å². The standard InChI is InChI=1S/C27H27BrN4O2/c1-17-15-21(26(33)29-11-14-32-12-2-3-13-32)24(30-17)16-22-25-20(18-7-9-19(28)10-8-18)5-4-6-23(25)31-27(22)34/h4-10,15-16,30H,2-3,11-14H2,1H3,(H,29,33)(H,31,34). The number of benzene rings is 2. The van der Waals surface area contributed by atoms with Crippen LogP contribution in [0.1, 0.15) is 40.2 Å². The Kier molecular flexibility index (Phi) is 6.39. The van der Waals surface area contributed by atoms with Gasteiger partial charge in [-0.3, -0.25) is 9.59 Å². The average Bonchev–Trinajstić information content (AvgIpc) is 3.54. The number of fused-ring (bicyclic) bond motifs is 1. The quantitative estimate of drug-likeness (QED) is 0.398. The molecule has 34 heavy (non-hydrogen) atoms. The number of halogens is 1. The molecule has 6 nitrogen and oxygen atoms in total. The molecule has 2 amide bonds. The van der Waals surface area contributed by atoms with E-state index < -0.39 is 0 Å². The molecule has 2 aromatic carbocycles. The summed E-state index contributed by atoms with van der Waals surface area (Å²) in [5.74, 6) is -0.303. The van der Waals surface area contributed by atoms with Gasteiger partial charge in [0.1, 0.15) is 0 Å². The van der Waals surface area contributed by atoms with E-state index >= 15 is 0 Å². The Morgan fingerprint density at radius 1 is 1.15 bits per heavy atom. The maximum absolute atomic E-state index is 13.0. The first-order chi connectivity index (χ1) is 16.5. The van der Waals surface area contributed by atoms with E-state index in [4.69, 9.17) is 0 Å². The minimum atomic E-state index is -0.174. The predicted octanol–water partition coefficient (Wildman–Crippen LogP) is 5.07. The molecule has 0 unspecified atom stereocenters. The van der Waals surface area contributed by atoms with Crippen molar-refractivity contribution in [2.75, 3.05) is 31.5 Å². The Hall–Kier alpha value is -3.16. The highest BCUT2D eigenvalue weighted by atomic mass is 79.9. The molecule has 5 rings (SSSR count). The van der Waals surface area contributed by atoms with Crippen LogP contribution in [-0.2, 0) is 4.79 Å². The van der Waals surface area contributed by atoms with Gasteiger partial charge in [-0.1, -0.05) is 40.2 Å². The molecule has 1 saturated heterocycles.